The molecule has 3 heteroatoms. The topological polar surface area (TPSA) is 34.3 Å². The first kappa shape index (κ1) is 2.63. The Kier molecular flexibility index (Phi) is 0.353. The molecule has 0 aromatic heterocycles. The zero-order chi connectivity index (χ0) is 3.70. The lowest BCUT2D eigenvalue weighted by molar-refractivity contribution is 0.583. The first-order valence-electron chi connectivity index (χ1n) is 1.32. The first-order valence-corrected chi connectivity index (χ1v) is 1.32. The van der Waals surface area contributed by atoms with Crippen LogP contribution in [0.3, 0.4) is 0 Å². The van der Waals surface area contributed by atoms with Gasteiger partial charge in [-0.1, -0.05) is 0 Å². The highest BCUT2D eigenvalue weighted by molar-refractivity contribution is 5.91. The molecule has 0 radical (unpaired) electrons. The van der Waals surface area contributed by atoms with Crippen LogP contribution in [0.25, 0.3) is 0 Å². The van der Waals surface area contributed by atoms with E-state index < -0.39 is 6.67 Å². The molecule has 1 aliphatic heterocycles. The van der Waals surface area contributed by atoms with Gasteiger partial charge >= 0.3 is 0 Å². The minimum atomic E-state index is -0.444. The Hall–Kier alpha value is -0.600. The number of amidine groups is 1. The van der Waals surface area contributed by atoms with Gasteiger partial charge in [0, 0.05) is 0 Å². The minimum absolute atomic E-state index is 0.444. The molecule has 1 heterocycles. The average Bonchev–Trinajstić information content (AvgIpc) is 2.12. The number of nitrogens with one attached hydrogen (secondary N) is 1. The third-order valence-corrected chi connectivity index (χ3v) is 0.396. The van der Waals surface area contributed by atoms with Gasteiger partial charge in [0.15, 0.2) is 12.5 Å². The maximum atomic E-state index is 11.0. The highest BCUT2D eigenvalue weighted by atomic mass is 19.1. The molecule has 0 aliphatic carbocycles. The second-order valence-electron chi connectivity index (χ2n) is 0.804. The summed E-state index contributed by atoms with van der Waals surface area (Å²) >= 11 is 0. The van der Waals surface area contributed by atoms with Crippen molar-refractivity contribution < 1.29 is 4.39 Å². The highest BCUT2D eigenvalue weighted by Gasteiger charge is 2.04. The molecule has 2 nitrogen and oxygen atoms in total. The third kappa shape index (κ3) is 0.344. The summed E-state index contributed by atoms with van der Waals surface area (Å²) in [4.78, 5) is 0. The maximum Gasteiger partial charge on any atom is 0.174 e. The van der Waals surface area contributed by atoms with Crippen LogP contribution in [0.1, 0.15) is 0 Å². The second-order valence-corrected chi connectivity index (χ2v) is 0.804. The van der Waals surface area contributed by atoms with Crippen LogP contribution in [0.2, 0.25) is 0 Å². The van der Waals surface area contributed by atoms with E-state index in [9.17, 15) is 4.39 Å². The van der Waals surface area contributed by atoms with Gasteiger partial charge in [-0.15, -0.1) is 0 Å². The Bertz CT molecular complexity index is 68.0. The van der Waals surface area contributed by atoms with Crippen LogP contribution in [0.4, 0.5) is 4.39 Å². The molecule has 0 atom stereocenters. The predicted octanol–water partition coefficient (Wildman–Crippen LogP) is -0.127. The molecule has 0 fully saturated rings. The van der Waals surface area contributed by atoms with E-state index in [1.807, 2.05) is 0 Å². The fourth-order valence-electron chi connectivity index (χ4n) is 0.0993. The van der Waals surface area contributed by atoms with E-state index in [1.54, 1.807) is 0 Å². The molecule has 1 aliphatic rings. The van der Waals surface area contributed by atoms with Crippen molar-refractivity contribution in [2.45, 2.75) is 0 Å². The maximum absolute atomic E-state index is 11.0. The predicted molar refractivity (Wildman–Crippen MR) is 16.5 cm³/mol. The van der Waals surface area contributed by atoms with E-state index in [-0.39, 0.29) is 0 Å². The Balaban J connectivity index is 2.22. The molecule has 5 heavy (non-hydrogen) atoms. The molecule has 1 rings (SSSR count). The number of nitrogens with zero attached hydrogens (tertiary/aromatic N) is 1. The minimum Gasteiger partial charge on any atom is -0.259 e. The fraction of sp³-hybridized carbons (Fsp3) is 0.500. The van der Waals surface area contributed by atoms with Gasteiger partial charge < -0.3 is 0 Å². The summed E-state index contributed by atoms with van der Waals surface area (Å²) in [6, 6.07) is 0. The average molecular weight is 74.1 g/mol. The lowest BCUT2D eigenvalue weighted by atomic mass is 10.8. The van der Waals surface area contributed by atoms with E-state index in [1.165, 1.54) is 0 Å². The van der Waals surface area contributed by atoms with E-state index in [2.05, 4.69) is 10.5 Å². The van der Waals surface area contributed by atoms with Gasteiger partial charge in [-0.25, -0.2) is 4.39 Å². The van der Waals surface area contributed by atoms with Crippen molar-refractivity contribution >= 4 is 5.84 Å². The Morgan fingerprint density at radius 2 is 2.60 bits per heavy atom. The van der Waals surface area contributed by atoms with Crippen molar-refractivity contribution in [1.82, 2.24) is 5.43 Å². The number of hydrazone groups is 1. The summed E-state index contributed by atoms with van der Waals surface area (Å²) in [7, 11) is 0. The molecular weight excluding hydrogens is 71.0 g/mol. The van der Waals surface area contributed by atoms with Crippen LogP contribution in [0, 0.1) is 0 Å². The zero-order valence-electron chi connectivity index (χ0n) is 2.53. The molecule has 1 N–H and O–H groups in total. The van der Waals surface area contributed by atoms with Crippen molar-refractivity contribution in [3.63, 3.8) is 0 Å². The van der Waals surface area contributed by atoms with Crippen LogP contribution in [-0.2, 0) is 0 Å². The molecule has 28 valence electrons. The number of rotatable bonds is 1. The molecule has 0 aromatic rings. The molecule has 0 aromatic carbocycles. The fourth-order valence-corrected chi connectivity index (χ4v) is 0.0993. The summed E-state index contributed by atoms with van der Waals surface area (Å²) in [5.74, 6) is 0.463. The van der Waals surface area contributed by atoms with Crippen LogP contribution in [0.15, 0.2) is 5.10 Å². The van der Waals surface area contributed by atoms with Crippen molar-refractivity contribution in [2.24, 2.45) is 5.10 Å². The van der Waals surface area contributed by atoms with Crippen LogP contribution >= 0.6 is 0 Å². The molecule has 0 spiro atoms. The van der Waals surface area contributed by atoms with Crippen molar-refractivity contribution in [3.05, 3.63) is 0 Å². The Morgan fingerprint density at radius 1 is 2.00 bits per heavy atom. The third-order valence-electron chi connectivity index (χ3n) is 0.396. The van der Waals surface area contributed by atoms with Gasteiger partial charge in [0.2, 0.25) is 0 Å². The van der Waals surface area contributed by atoms with Gasteiger partial charge in [-0.2, -0.15) is 5.10 Å². The van der Waals surface area contributed by atoms with E-state index in [4.69, 9.17) is 0 Å². The summed E-state index contributed by atoms with van der Waals surface area (Å²) < 4.78 is 11.0. The second kappa shape index (κ2) is 0.672. The molecular formula is C2H3FN2. The smallest absolute Gasteiger partial charge is 0.174 e. The summed E-state index contributed by atoms with van der Waals surface area (Å²) in [5.41, 5.74) is 2.35. The van der Waals surface area contributed by atoms with Gasteiger partial charge in [-0.3, -0.25) is 5.43 Å². The number of halogens is 1. The highest BCUT2D eigenvalue weighted by Crippen LogP contribution is 1.83. The van der Waals surface area contributed by atoms with Gasteiger partial charge in [0.05, 0.1) is 0 Å². The van der Waals surface area contributed by atoms with Gasteiger partial charge in [0.1, 0.15) is 0 Å². The first-order chi connectivity index (χ1) is 2.43. The Labute approximate surface area is 28.7 Å². The lowest BCUT2D eigenvalue weighted by Crippen LogP contribution is -1.91. The molecule has 0 saturated carbocycles. The standard InChI is InChI=1S/C2H3FN2/c3-1-2-4-5-2/h1H2,(H,4,5). The molecule has 0 amide bonds. The lowest BCUT2D eigenvalue weighted by Gasteiger charge is -1.59. The quantitative estimate of drug-likeness (QED) is 0.462. The van der Waals surface area contributed by atoms with E-state index in [0.717, 1.165) is 0 Å². The number of alkyl halides is 1. The van der Waals surface area contributed by atoms with E-state index in [0.29, 0.717) is 5.84 Å². The Morgan fingerprint density at radius 3 is 2.60 bits per heavy atom. The molecule has 0 saturated heterocycles. The monoisotopic (exact) mass is 74.0 g/mol. The van der Waals surface area contributed by atoms with Crippen molar-refractivity contribution in [3.8, 4) is 0 Å². The van der Waals surface area contributed by atoms with Crippen molar-refractivity contribution in [1.29, 1.82) is 0 Å². The normalized spacial score (nSPS) is 16.6. The SMILES string of the molecule is FCC1=NN1. The van der Waals surface area contributed by atoms with Crippen LogP contribution < -0.4 is 5.43 Å². The molecule has 0 bridgehead atoms. The van der Waals surface area contributed by atoms with Crippen molar-refractivity contribution in [2.75, 3.05) is 6.67 Å². The zero-order valence-corrected chi connectivity index (χ0v) is 2.53. The van der Waals surface area contributed by atoms with Crippen LogP contribution in [-0.4, -0.2) is 12.5 Å². The number of hydrogen-bond donors (Lipinski definition) is 1. The van der Waals surface area contributed by atoms with Gasteiger partial charge in [0.25, 0.3) is 0 Å². The summed E-state index contributed by atoms with van der Waals surface area (Å²) in [6.45, 7) is -0.444. The summed E-state index contributed by atoms with van der Waals surface area (Å²) in [6.07, 6.45) is 0. The van der Waals surface area contributed by atoms with E-state index >= 15 is 0 Å². The molecule has 0 unspecified atom stereocenters. The van der Waals surface area contributed by atoms with Gasteiger partial charge in [-0.05, 0) is 0 Å². The largest absolute Gasteiger partial charge is 0.259 e. The number of hydrogen-bond acceptors (Lipinski definition) is 2. The van der Waals surface area contributed by atoms with Crippen LogP contribution in [0.5, 0.6) is 0 Å². The summed E-state index contributed by atoms with van der Waals surface area (Å²) in [5, 5.41) is 3.31.